The van der Waals surface area contributed by atoms with E-state index in [0.29, 0.717) is 5.75 Å². The molecule has 0 aliphatic carbocycles. The first kappa shape index (κ1) is 15.5. The Labute approximate surface area is 134 Å². The molecule has 122 valence electrons. The summed E-state index contributed by atoms with van der Waals surface area (Å²) in [6, 6.07) is 9.75. The fourth-order valence-corrected chi connectivity index (χ4v) is 2.20. The average Bonchev–Trinajstić information content (AvgIpc) is 2.58. The molecule has 0 bridgehead atoms. The summed E-state index contributed by atoms with van der Waals surface area (Å²) >= 11 is 0. The third-order valence-electron chi connectivity index (χ3n) is 3.28. The normalized spacial score (nSPS) is 10.5. The number of nitrogens with one attached hydrogen (secondary N) is 3. The highest BCUT2D eigenvalue weighted by Gasteiger charge is 2.11. The van der Waals surface area contributed by atoms with Crippen LogP contribution in [0.15, 0.2) is 52.1 Å². The number of rotatable bonds is 4. The van der Waals surface area contributed by atoms with Crippen molar-refractivity contribution < 1.29 is 13.9 Å². The molecule has 1 aromatic heterocycles. The Kier molecular flexibility index (Phi) is 4.11. The summed E-state index contributed by atoms with van der Waals surface area (Å²) in [4.78, 5) is 35.6. The summed E-state index contributed by atoms with van der Waals surface area (Å²) in [7, 11) is 0. The molecule has 0 unspecified atom stereocenters. The molecular formula is C16H12FN3O4. The van der Waals surface area contributed by atoms with Crippen molar-refractivity contribution in [3.05, 3.63) is 69.0 Å². The molecule has 0 saturated carbocycles. The molecule has 7 nitrogen and oxygen atoms in total. The zero-order valence-corrected chi connectivity index (χ0v) is 12.3. The number of aromatic nitrogens is 2. The molecule has 3 rings (SSSR count). The molecule has 1 heterocycles. The SMILES string of the molecule is O=C(COc1ccc(F)cc1)Nc1cccc2c(=O)[nH][nH]c(=O)c12. The van der Waals surface area contributed by atoms with Crippen LogP contribution in [-0.4, -0.2) is 22.7 Å². The predicted molar refractivity (Wildman–Crippen MR) is 85.7 cm³/mol. The minimum atomic E-state index is -0.528. The Morgan fingerprint density at radius 1 is 1.04 bits per heavy atom. The van der Waals surface area contributed by atoms with Crippen molar-refractivity contribution in [3.63, 3.8) is 0 Å². The maximum absolute atomic E-state index is 12.8. The van der Waals surface area contributed by atoms with Gasteiger partial charge in [-0.15, -0.1) is 0 Å². The van der Waals surface area contributed by atoms with Gasteiger partial charge in [-0.2, -0.15) is 0 Å². The van der Waals surface area contributed by atoms with Gasteiger partial charge >= 0.3 is 0 Å². The van der Waals surface area contributed by atoms with Crippen molar-refractivity contribution in [3.8, 4) is 5.75 Å². The lowest BCUT2D eigenvalue weighted by atomic mass is 10.1. The van der Waals surface area contributed by atoms with Gasteiger partial charge in [-0.1, -0.05) is 6.07 Å². The first-order chi connectivity index (χ1) is 11.5. The number of fused-ring (bicyclic) bond motifs is 1. The summed E-state index contributed by atoms with van der Waals surface area (Å²) in [5.41, 5.74) is -0.796. The minimum absolute atomic E-state index is 0.0800. The van der Waals surface area contributed by atoms with Crippen molar-refractivity contribution >= 4 is 22.4 Å². The van der Waals surface area contributed by atoms with Crippen molar-refractivity contribution in [2.24, 2.45) is 0 Å². The van der Waals surface area contributed by atoms with E-state index < -0.39 is 22.8 Å². The highest BCUT2D eigenvalue weighted by atomic mass is 19.1. The second-order valence-corrected chi connectivity index (χ2v) is 4.93. The summed E-state index contributed by atoms with van der Waals surface area (Å²) in [5.74, 6) is -0.600. The molecule has 0 aliphatic heterocycles. The number of ether oxygens (including phenoxy) is 1. The van der Waals surface area contributed by atoms with Crippen LogP contribution in [-0.2, 0) is 4.79 Å². The van der Waals surface area contributed by atoms with E-state index in [0.717, 1.165) is 0 Å². The summed E-state index contributed by atoms with van der Waals surface area (Å²) < 4.78 is 18.0. The number of H-pyrrole nitrogens is 2. The van der Waals surface area contributed by atoms with Gasteiger partial charge in [0.05, 0.1) is 16.5 Å². The van der Waals surface area contributed by atoms with Gasteiger partial charge in [0, 0.05) is 0 Å². The first-order valence-corrected chi connectivity index (χ1v) is 6.96. The van der Waals surface area contributed by atoms with Crippen molar-refractivity contribution in [1.29, 1.82) is 0 Å². The van der Waals surface area contributed by atoms with Gasteiger partial charge in [0.2, 0.25) is 0 Å². The molecule has 0 fully saturated rings. The highest BCUT2D eigenvalue weighted by Crippen LogP contribution is 2.17. The molecule has 24 heavy (non-hydrogen) atoms. The van der Waals surface area contributed by atoms with Gasteiger partial charge in [0.1, 0.15) is 11.6 Å². The Balaban J connectivity index is 1.78. The van der Waals surface area contributed by atoms with Crippen LogP contribution in [0.4, 0.5) is 10.1 Å². The van der Waals surface area contributed by atoms with Gasteiger partial charge in [0.25, 0.3) is 17.0 Å². The Hall–Kier alpha value is -3.42. The summed E-state index contributed by atoms with van der Waals surface area (Å²) in [5, 5.41) is 7.19. The van der Waals surface area contributed by atoms with Crippen LogP contribution in [0.1, 0.15) is 0 Å². The van der Waals surface area contributed by atoms with Gasteiger partial charge in [-0.05, 0) is 36.4 Å². The van der Waals surface area contributed by atoms with Crippen molar-refractivity contribution in [2.75, 3.05) is 11.9 Å². The topological polar surface area (TPSA) is 104 Å². The largest absolute Gasteiger partial charge is 0.484 e. The van der Waals surface area contributed by atoms with Gasteiger partial charge in [-0.25, -0.2) is 4.39 Å². The lowest BCUT2D eigenvalue weighted by Gasteiger charge is -2.09. The standard InChI is InChI=1S/C16H12FN3O4/c17-9-4-6-10(7-5-9)24-8-13(21)18-12-3-1-2-11-14(12)16(23)20-19-15(11)22/h1-7H,8H2,(H,18,21)(H,19,22)(H,20,23). The summed E-state index contributed by atoms with van der Waals surface area (Å²) in [6.45, 7) is -0.330. The van der Waals surface area contributed by atoms with Crippen LogP contribution in [0.3, 0.4) is 0 Å². The lowest BCUT2D eigenvalue weighted by Crippen LogP contribution is -2.24. The van der Waals surface area contributed by atoms with Crippen molar-refractivity contribution in [2.45, 2.75) is 0 Å². The van der Waals surface area contributed by atoms with Crippen LogP contribution >= 0.6 is 0 Å². The molecule has 0 atom stereocenters. The van der Waals surface area contributed by atoms with E-state index in [1.54, 1.807) is 6.07 Å². The van der Waals surface area contributed by atoms with E-state index in [4.69, 9.17) is 4.74 Å². The number of halogens is 1. The number of hydrogen-bond donors (Lipinski definition) is 3. The van der Waals surface area contributed by atoms with E-state index in [2.05, 4.69) is 15.5 Å². The third-order valence-corrected chi connectivity index (χ3v) is 3.28. The number of aromatic amines is 2. The van der Waals surface area contributed by atoms with Crippen LogP contribution in [0, 0.1) is 5.82 Å². The fourth-order valence-electron chi connectivity index (χ4n) is 2.20. The van der Waals surface area contributed by atoms with Gasteiger partial charge < -0.3 is 10.1 Å². The van der Waals surface area contributed by atoms with E-state index in [-0.39, 0.29) is 23.1 Å². The third kappa shape index (κ3) is 3.17. The molecule has 3 N–H and O–H groups in total. The zero-order chi connectivity index (χ0) is 17.1. The van der Waals surface area contributed by atoms with E-state index in [1.807, 2.05) is 0 Å². The number of hydrogen-bond acceptors (Lipinski definition) is 4. The van der Waals surface area contributed by atoms with E-state index in [1.165, 1.54) is 36.4 Å². The quantitative estimate of drug-likeness (QED) is 0.672. The predicted octanol–water partition coefficient (Wildman–Crippen LogP) is 1.37. The average molecular weight is 329 g/mol. The number of carbonyl (C=O) groups is 1. The lowest BCUT2D eigenvalue weighted by molar-refractivity contribution is -0.118. The molecule has 0 spiro atoms. The number of anilines is 1. The number of benzene rings is 2. The van der Waals surface area contributed by atoms with Crippen molar-refractivity contribution in [1.82, 2.24) is 10.2 Å². The molecule has 8 heteroatoms. The maximum Gasteiger partial charge on any atom is 0.272 e. The molecule has 0 aliphatic rings. The molecule has 0 saturated heterocycles. The number of carbonyl (C=O) groups excluding carboxylic acids is 1. The van der Waals surface area contributed by atoms with Crippen LogP contribution in [0.25, 0.3) is 10.8 Å². The van der Waals surface area contributed by atoms with Gasteiger partial charge in [-0.3, -0.25) is 24.6 Å². The van der Waals surface area contributed by atoms with Crippen LogP contribution in [0.5, 0.6) is 5.75 Å². The molecule has 1 amide bonds. The fraction of sp³-hybridized carbons (Fsp3) is 0.0625. The van der Waals surface area contributed by atoms with Gasteiger partial charge in [0.15, 0.2) is 6.61 Å². The zero-order valence-electron chi connectivity index (χ0n) is 12.3. The molecule has 3 aromatic rings. The highest BCUT2D eigenvalue weighted by molar-refractivity contribution is 6.01. The second-order valence-electron chi connectivity index (χ2n) is 4.93. The minimum Gasteiger partial charge on any atom is -0.484 e. The first-order valence-electron chi connectivity index (χ1n) is 6.96. The molecule has 2 aromatic carbocycles. The number of amides is 1. The molecule has 0 radical (unpaired) electrons. The monoisotopic (exact) mass is 329 g/mol. The Morgan fingerprint density at radius 2 is 1.75 bits per heavy atom. The summed E-state index contributed by atoms with van der Waals surface area (Å²) in [6.07, 6.45) is 0. The van der Waals surface area contributed by atoms with Crippen LogP contribution in [0.2, 0.25) is 0 Å². The maximum atomic E-state index is 12.8. The van der Waals surface area contributed by atoms with E-state index >= 15 is 0 Å². The Morgan fingerprint density at radius 3 is 2.50 bits per heavy atom. The van der Waals surface area contributed by atoms with E-state index in [9.17, 15) is 18.8 Å². The second kappa shape index (κ2) is 6.37. The Bertz CT molecular complexity index is 1010. The smallest absolute Gasteiger partial charge is 0.272 e. The molecular weight excluding hydrogens is 317 g/mol. The van der Waals surface area contributed by atoms with Crippen LogP contribution < -0.4 is 21.2 Å².